The van der Waals surface area contributed by atoms with Crippen LogP contribution < -0.4 is 4.74 Å². The van der Waals surface area contributed by atoms with Gasteiger partial charge in [-0.05, 0) is 30.5 Å². The number of benzene rings is 2. The molecule has 0 saturated carbocycles. The molecular formula is C18H15F2IN2OS. The van der Waals surface area contributed by atoms with Crippen molar-refractivity contribution in [3.63, 3.8) is 0 Å². The molecule has 1 aromatic heterocycles. The highest BCUT2D eigenvalue weighted by molar-refractivity contribution is 14.0. The van der Waals surface area contributed by atoms with Crippen molar-refractivity contribution >= 4 is 57.8 Å². The lowest BCUT2D eigenvalue weighted by Gasteiger charge is -2.12. The lowest BCUT2D eigenvalue weighted by atomic mass is 10.1. The Bertz CT molecular complexity index is 956. The summed E-state index contributed by atoms with van der Waals surface area (Å²) in [7, 11) is 0. The third-order valence-corrected chi connectivity index (χ3v) is 4.24. The first-order chi connectivity index (χ1) is 11.5. The molecule has 3 aromatic rings. The van der Waals surface area contributed by atoms with Gasteiger partial charge in [0, 0.05) is 34.3 Å². The lowest BCUT2D eigenvalue weighted by molar-refractivity contribution is 0.441. The average Bonchev–Trinajstić information content (AvgIpc) is 3.04. The molecule has 2 aromatic carbocycles. The van der Waals surface area contributed by atoms with Crippen molar-refractivity contribution in [1.82, 2.24) is 4.98 Å². The smallest absolute Gasteiger partial charge is 0.170 e. The van der Waals surface area contributed by atoms with Crippen molar-refractivity contribution in [1.29, 1.82) is 5.41 Å². The van der Waals surface area contributed by atoms with E-state index in [1.165, 1.54) is 30.3 Å². The largest absolute Gasteiger partial charge is 0.454 e. The number of hydrogen-bond donors (Lipinski definition) is 2. The second-order valence-electron chi connectivity index (χ2n) is 5.02. The summed E-state index contributed by atoms with van der Waals surface area (Å²) >= 11 is 1.11. The van der Waals surface area contributed by atoms with Gasteiger partial charge in [0.05, 0.1) is 5.04 Å². The number of aromatic nitrogens is 1. The first-order valence-corrected chi connectivity index (χ1v) is 8.30. The van der Waals surface area contributed by atoms with Crippen LogP contribution in [0.3, 0.4) is 0 Å². The van der Waals surface area contributed by atoms with Gasteiger partial charge in [0.1, 0.15) is 11.6 Å². The lowest BCUT2D eigenvalue weighted by Crippen LogP contribution is -1.99. The fourth-order valence-electron chi connectivity index (χ4n) is 2.46. The predicted molar refractivity (Wildman–Crippen MR) is 111 cm³/mol. The van der Waals surface area contributed by atoms with Crippen LogP contribution >= 0.6 is 35.7 Å². The monoisotopic (exact) mass is 472 g/mol. The van der Waals surface area contributed by atoms with Gasteiger partial charge in [-0.2, -0.15) is 0 Å². The standard InChI is InChI=1S/C18H14F2N2OS.HI/c1-3-11-12-6-7-22-16(12)9-15(20)17(11)23-10-4-5-14(19)13(8-10)18(21)24-2;/h3-9,21-22H,1H2,2H3;1H. The highest BCUT2D eigenvalue weighted by atomic mass is 127. The molecule has 25 heavy (non-hydrogen) atoms. The van der Waals surface area contributed by atoms with E-state index in [1.54, 1.807) is 18.5 Å². The second-order valence-corrected chi connectivity index (χ2v) is 5.84. The van der Waals surface area contributed by atoms with Crippen molar-refractivity contribution in [3.8, 4) is 11.5 Å². The summed E-state index contributed by atoms with van der Waals surface area (Å²) in [6.07, 6.45) is 4.91. The molecule has 0 fully saturated rings. The van der Waals surface area contributed by atoms with Crippen LogP contribution in [0.25, 0.3) is 17.0 Å². The van der Waals surface area contributed by atoms with Gasteiger partial charge in [-0.15, -0.1) is 35.7 Å². The summed E-state index contributed by atoms with van der Waals surface area (Å²) in [6.45, 7) is 3.72. The first-order valence-electron chi connectivity index (χ1n) is 7.07. The minimum Gasteiger partial charge on any atom is -0.454 e. The van der Waals surface area contributed by atoms with Crippen molar-refractivity contribution in [2.24, 2.45) is 0 Å². The molecule has 130 valence electrons. The molecule has 0 aliphatic carbocycles. The summed E-state index contributed by atoms with van der Waals surface area (Å²) in [5.41, 5.74) is 1.26. The van der Waals surface area contributed by atoms with Gasteiger partial charge in [-0.1, -0.05) is 12.7 Å². The summed E-state index contributed by atoms with van der Waals surface area (Å²) in [6, 6.07) is 7.14. The van der Waals surface area contributed by atoms with Gasteiger partial charge in [0.15, 0.2) is 11.6 Å². The molecule has 0 amide bonds. The number of H-pyrrole nitrogens is 1. The minimum atomic E-state index is -0.550. The Morgan fingerprint density at radius 2 is 2.00 bits per heavy atom. The first kappa shape index (κ1) is 19.5. The molecular weight excluding hydrogens is 457 g/mol. The average molecular weight is 472 g/mol. The Kier molecular flexibility index (Phi) is 6.23. The number of halogens is 3. The van der Waals surface area contributed by atoms with Crippen molar-refractivity contribution in [2.45, 2.75) is 0 Å². The number of thioether (sulfide) groups is 1. The molecule has 0 bridgehead atoms. The van der Waals surface area contributed by atoms with E-state index in [9.17, 15) is 8.78 Å². The van der Waals surface area contributed by atoms with Crippen molar-refractivity contribution < 1.29 is 13.5 Å². The van der Waals surface area contributed by atoms with E-state index in [0.717, 1.165) is 17.1 Å². The molecule has 0 atom stereocenters. The number of fused-ring (bicyclic) bond motifs is 1. The van der Waals surface area contributed by atoms with E-state index in [-0.39, 0.29) is 46.1 Å². The zero-order chi connectivity index (χ0) is 17.3. The molecule has 3 rings (SSSR count). The van der Waals surface area contributed by atoms with Crippen LogP contribution in [0.2, 0.25) is 0 Å². The van der Waals surface area contributed by atoms with Crippen LogP contribution in [0.1, 0.15) is 11.1 Å². The second kappa shape index (κ2) is 8.01. The van der Waals surface area contributed by atoms with Crippen LogP contribution in [0.5, 0.6) is 11.5 Å². The summed E-state index contributed by atoms with van der Waals surface area (Å²) < 4.78 is 33.9. The topological polar surface area (TPSA) is 48.9 Å². The zero-order valence-corrected chi connectivity index (χ0v) is 16.4. The number of aromatic amines is 1. The molecule has 0 radical (unpaired) electrons. The SMILES string of the molecule is C=Cc1c(Oc2ccc(F)c(C(=N)SC)c2)c(F)cc2[nH]ccc12.I. The maximum absolute atomic E-state index is 14.4. The maximum Gasteiger partial charge on any atom is 0.170 e. The van der Waals surface area contributed by atoms with Gasteiger partial charge in [0.2, 0.25) is 0 Å². The Morgan fingerprint density at radius 3 is 2.68 bits per heavy atom. The third-order valence-electron chi connectivity index (χ3n) is 3.61. The van der Waals surface area contributed by atoms with Crippen LogP contribution in [0, 0.1) is 17.0 Å². The molecule has 0 aliphatic rings. The molecule has 7 heteroatoms. The van der Waals surface area contributed by atoms with Crippen LogP contribution in [0.4, 0.5) is 8.78 Å². The molecule has 0 aliphatic heterocycles. The van der Waals surface area contributed by atoms with E-state index in [4.69, 9.17) is 10.1 Å². The quantitative estimate of drug-likeness (QED) is 0.270. The number of hydrogen-bond acceptors (Lipinski definition) is 3. The Balaban J connectivity index is 0.00000225. The van der Waals surface area contributed by atoms with Crippen molar-refractivity contribution in [2.75, 3.05) is 6.26 Å². The number of ether oxygens (including phenoxy) is 1. The van der Waals surface area contributed by atoms with Gasteiger partial charge < -0.3 is 9.72 Å². The Labute approximate surface area is 165 Å². The minimum absolute atomic E-state index is 0. The Morgan fingerprint density at radius 1 is 1.24 bits per heavy atom. The van der Waals surface area contributed by atoms with Gasteiger partial charge >= 0.3 is 0 Å². The fraction of sp³-hybridized carbons (Fsp3) is 0.0556. The molecule has 1 heterocycles. The van der Waals surface area contributed by atoms with Crippen LogP contribution in [-0.4, -0.2) is 16.3 Å². The molecule has 2 N–H and O–H groups in total. The number of rotatable bonds is 4. The van der Waals surface area contributed by atoms with Crippen molar-refractivity contribution in [3.05, 3.63) is 65.9 Å². The van der Waals surface area contributed by atoms with Gasteiger partial charge in [-0.25, -0.2) is 8.78 Å². The maximum atomic E-state index is 14.4. The number of nitrogens with one attached hydrogen (secondary N) is 2. The summed E-state index contributed by atoms with van der Waals surface area (Å²) in [5, 5.41) is 8.63. The Hall–Kier alpha value is -1.87. The van der Waals surface area contributed by atoms with E-state index < -0.39 is 11.6 Å². The normalized spacial score (nSPS) is 10.4. The third kappa shape index (κ3) is 3.72. The van der Waals surface area contributed by atoms with E-state index in [1.807, 2.05) is 0 Å². The molecule has 0 saturated heterocycles. The van der Waals surface area contributed by atoms with Gasteiger partial charge in [-0.3, -0.25) is 5.41 Å². The van der Waals surface area contributed by atoms with Gasteiger partial charge in [0.25, 0.3) is 0 Å². The summed E-state index contributed by atoms with van der Waals surface area (Å²) in [5.74, 6) is -0.801. The van der Waals surface area contributed by atoms with E-state index in [0.29, 0.717) is 11.1 Å². The van der Waals surface area contributed by atoms with E-state index in [2.05, 4.69) is 11.6 Å². The van der Waals surface area contributed by atoms with Crippen LogP contribution in [0.15, 0.2) is 43.1 Å². The highest BCUT2D eigenvalue weighted by Gasteiger charge is 2.16. The summed E-state index contributed by atoms with van der Waals surface area (Å²) in [4.78, 5) is 2.94. The zero-order valence-electron chi connectivity index (χ0n) is 13.2. The highest BCUT2D eigenvalue weighted by Crippen LogP contribution is 2.35. The fourth-order valence-corrected chi connectivity index (χ4v) is 2.83. The molecule has 0 unspecified atom stereocenters. The molecule has 0 spiro atoms. The van der Waals surface area contributed by atoms with Crippen LogP contribution in [-0.2, 0) is 0 Å². The predicted octanol–water partition coefficient (Wildman–Crippen LogP) is 6.19. The molecule has 3 nitrogen and oxygen atoms in total. The van der Waals surface area contributed by atoms with E-state index >= 15 is 0 Å².